The zero-order valence-corrected chi connectivity index (χ0v) is 8.42. The molecule has 0 aliphatic heterocycles. The zero-order valence-electron chi connectivity index (χ0n) is 8.42. The van der Waals surface area contributed by atoms with Crippen LogP contribution in [0.3, 0.4) is 0 Å². The molecule has 0 aliphatic carbocycles. The van der Waals surface area contributed by atoms with Crippen LogP contribution in [0.5, 0.6) is 0 Å². The molecule has 0 amide bonds. The molecule has 0 unspecified atom stereocenters. The molecule has 1 aromatic heterocycles. The van der Waals surface area contributed by atoms with Crippen LogP contribution in [-0.4, -0.2) is 20.8 Å². The van der Waals surface area contributed by atoms with E-state index in [4.69, 9.17) is 0 Å². The molecule has 0 aliphatic rings. The van der Waals surface area contributed by atoms with Gasteiger partial charge in [0, 0.05) is 0 Å². The zero-order chi connectivity index (χ0) is 10.8. The van der Waals surface area contributed by atoms with Crippen molar-refractivity contribution in [2.45, 2.75) is 19.6 Å². The number of aliphatic hydroxyl groups excluding tert-OH is 1. The van der Waals surface area contributed by atoms with Gasteiger partial charge < -0.3 is 9.67 Å². The first kappa shape index (κ1) is 9.86. The van der Waals surface area contributed by atoms with Crippen LogP contribution in [0.25, 0.3) is 11.0 Å². The molecule has 1 N–H and O–H groups in total. The molecular weight excluding hydrogens is 192 g/mol. The molecule has 4 nitrogen and oxygen atoms in total. The normalized spacial score (nSPS) is 12.9. The molecule has 2 aromatic rings. The molecule has 1 aromatic carbocycles. The second kappa shape index (κ2) is 3.82. The van der Waals surface area contributed by atoms with Crippen LogP contribution >= 0.6 is 0 Å². The summed E-state index contributed by atoms with van der Waals surface area (Å²) >= 11 is 0. The predicted molar refractivity (Wildman–Crippen MR) is 57.7 cm³/mol. The fourth-order valence-corrected chi connectivity index (χ4v) is 1.57. The summed E-state index contributed by atoms with van der Waals surface area (Å²) in [5, 5.41) is 9.31. The van der Waals surface area contributed by atoms with Crippen molar-refractivity contribution in [1.29, 1.82) is 0 Å². The van der Waals surface area contributed by atoms with Crippen molar-refractivity contribution in [2.24, 2.45) is 0 Å². The van der Waals surface area contributed by atoms with Gasteiger partial charge in [-0.3, -0.25) is 4.79 Å². The lowest BCUT2D eigenvalue weighted by Gasteiger charge is -2.10. The first-order chi connectivity index (χ1) is 7.18. The highest BCUT2D eigenvalue weighted by atomic mass is 16.3. The Labute approximate surface area is 86.8 Å². The van der Waals surface area contributed by atoms with Crippen molar-refractivity contribution in [3.63, 3.8) is 0 Å². The first-order valence-electron chi connectivity index (χ1n) is 4.81. The van der Waals surface area contributed by atoms with E-state index in [2.05, 4.69) is 4.98 Å². The number of aliphatic hydroxyl groups is 1. The molecule has 0 bridgehead atoms. The highest BCUT2D eigenvalue weighted by Gasteiger charge is 2.05. The Balaban J connectivity index is 2.68. The van der Waals surface area contributed by atoms with Gasteiger partial charge in [-0.05, 0) is 19.1 Å². The second-order valence-corrected chi connectivity index (χ2v) is 3.54. The number of aromatic nitrogens is 2. The van der Waals surface area contributed by atoms with Crippen LogP contribution < -0.4 is 5.56 Å². The van der Waals surface area contributed by atoms with Crippen molar-refractivity contribution in [3.8, 4) is 0 Å². The van der Waals surface area contributed by atoms with Crippen LogP contribution in [0.1, 0.15) is 6.92 Å². The number of benzene rings is 1. The van der Waals surface area contributed by atoms with Gasteiger partial charge in [0.05, 0.1) is 29.9 Å². The molecule has 0 saturated carbocycles. The lowest BCUT2D eigenvalue weighted by atomic mass is 10.3. The highest BCUT2D eigenvalue weighted by Crippen LogP contribution is 2.08. The van der Waals surface area contributed by atoms with Crippen molar-refractivity contribution < 1.29 is 5.11 Å². The minimum atomic E-state index is -0.548. The molecular formula is C11H12N2O2. The van der Waals surface area contributed by atoms with Crippen molar-refractivity contribution in [1.82, 2.24) is 9.55 Å². The van der Waals surface area contributed by atoms with Crippen LogP contribution in [0, 0.1) is 0 Å². The highest BCUT2D eigenvalue weighted by molar-refractivity contribution is 5.74. The van der Waals surface area contributed by atoms with Crippen LogP contribution in [0.15, 0.2) is 35.3 Å². The van der Waals surface area contributed by atoms with Crippen molar-refractivity contribution >= 4 is 11.0 Å². The minimum absolute atomic E-state index is 0.186. The largest absolute Gasteiger partial charge is 0.392 e. The summed E-state index contributed by atoms with van der Waals surface area (Å²) < 4.78 is 1.53. The Hall–Kier alpha value is -1.68. The number of fused-ring (bicyclic) bond motifs is 1. The maximum Gasteiger partial charge on any atom is 0.269 e. The second-order valence-electron chi connectivity index (χ2n) is 3.54. The summed E-state index contributed by atoms with van der Waals surface area (Å²) in [6, 6.07) is 7.38. The van der Waals surface area contributed by atoms with E-state index in [1.807, 2.05) is 24.3 Å². The molecule has 1 atom stereocenters. The smallest absolute Gasteiger partial charge is 0.269 e. The van der Waals surface area contributed by atoms with Gasteiger partial charge in [0.2, 0.25) is 0 Å². The van der Waals surface area contributed by atoms with Gasteiger partial charge in [0.1, 0.15) is 0 Å². The monoisotopic (exact) mass is 204 g/mol. The fourth-order valence-electron chi connectivity index (χ4n) is 1.57. The summed E-state index contributed by atoms with van der Waals surface area (Å²) in [6.45, 7) is 1.95. The standard InChI is InChI=1S/C11H12N2O2/c1-8(14)7-13-10-5-3-2-4-9(10)12-6-11(13)15/h2-6,8,14H,7H2,1H3/t8-/m0/s1. The number of hydrogen-bond donors (Lipinski definition) is 1. The molecule has 0 spiro atoms. The van der Waals surface area contributed by atoms with E-state index in [1.54, 1.807) is 6.92 Å². The van der Waals surface area contributed by atoms with E-state index in [-0.39, 0.29) is 5.56 Å². The van der Waals surface area contributed by atoms with Crippen molar-refractivity contribution in [3.05, 3.63) is 40.8 Å². The Morgan fingerprint density at radius 2 is 2.20 bits per heavy atom. The molecule has 0 radical (unpaired) electrons. The Morgan fingerprint density at radius 3 is 2.93 bits per heavy atom. The summed E-state index contributed by atoms with van der Waals surface area (Å²) in [7, 11) is 0. The maximum atomic E-state index is 11.6. The third-order valence-electron chi connectivity index (χ3n) is 2.20. The van der Waals surface area contributed by atoms with Crippen molar-refractivity contribution in [2.75, 3.05) is 0 Å². The SMILES string of the molecule is C[C@H](O)Cn1c(=O)cnc2ccccc21. The minimum Gasteiger partial charge on any atom is -0.392 e. The lowest BCUT2D eigenvalue weighted by molar-refractivity contribution is 0.174. The van der Waals surface area contributed by atoms with Crippen LogP contribution in [0.4, 0.5) is 0 Å². The molecule has 0 fully saturated rings. The van der Waals surface area contributed by atoms with Gasteiger partial charge in [-0.1, -0.05) is 12.1 Å². The van der Waals surface area contributed by atoms with E-state index >= 15 is 0 Å². The van der Waals surface area contributed by atoms with Gasteiger partial charge in [-0.15, -0.1) is 0 Å². The van der Waals surface area contributed by atoms with Gasteiger partial charge in [0.15, 0.2) is 0 Å². The molecule has 4 heteroatoms. The van der Waals surface area contributed by atoms with E-state index in [0.29, 0.717) is 6.54 Å². The Kier molecular flexibility index (Phi) is 2.51. The number of hydrogen-bond acceptors (Lipinski definition) is 3. The maximum absolute atomic E-state index is 11.6. The Bertz CT molecular complexity index is 531. The first-order valence-corrected chi connectivity index (χ1v) is 4.81. The molecule has 0 saturated heterocycles. The van der Waals surface area contributed by atoms with Gasteiger partial charge >= 0.3 is 0 Å². The van der Waals surface area contributed by atoms with E-state index < -0.39 is 6.10 Å². The predicted octanol–water partition coefficient (Wildman–Crippen LogP) is 0.777. The van der Waals surface area contributed by atoms with Gasteiger partial charge in [-0.2, -0.15) is 0 Å². The summed E-state index contributed by atoms with van der Waals surface area (Å²) in [5.41, 5.74) is 1.33. The number of rotatable bonds is 2. The topological polar surface area (TPSA) is 55.1 Å². The molecule has 1 heterocycles. The summed E-state index contributed by atoms with van der Waals surface area (Å²) in [6.07, 6.45) is 0.735. The fraction of sp³-hybridized carbons (Fsp3) is 0.273. The quantitative estimate of drug-likeness (QED) is 0.786. The van der Waals surface area contributed by atoms with Crippen LogP contribution in [-0.2, 0) is 6.54 Å². The lowest BCUT2D eigenvalue weighted by Crippen LogP contribution is -2.25. The third kappa shape index (κ3) is 1.89. The molecule has 15 heavy (non-hydrogen) atoms. The Morgan fingerprint density at radius 1 is 1.47 bits per heavy atom. The number of para-hydroxylation sites is 2. The average molecular weight is 204 g/mol. The van der Waals surface area contributed by atoms with Crippen LogP contribution in [0.2, 0.25) is 0 Å². The summed E-state index contributed by atoms with van der Waals surface area (Å²) in [5.74, 6) is 0. The molecule has 2 rings (SSSR count). The van der Waals surface area contributed by atoms with E-state index in [9.17, 15) is 9.90 Å². The summed E-state index contributed by atoms with van der Waals surface area (Å²) in [4.78, 5) is 15.6. The van der Waals surface area contributed by atoms with Gasteiger partial charge in [0.25, 0.3) is 5.56 Å². The van der Waals surface area contributed by atoms with E-state index in [1.165, 1.54) is 10.8 Å². The van der Waals surface area contributed by atoms with Gasteiger partial charge in [-0.25, -0.2) is 4.98 Å². The number of nitrogens with zero attached hydrogens (tertiary/aromatic N) is 2. The van der Waals surface area contributed by atoms with E-state index in [0.717, 1.165) is 11.0 Å². The molecule has 78 valence electrons. The average Bonchev–Trinajstić information content (AvgIpc) is 2.22. The third-order valence-corrected chi connectivity index (χ3v) is 2.20.